The highest BCUT2D eigenvalue weighted by molar-refractivity contribution is 7.89. The fraction of sp³-hybridized carbons (Fsp3) is 0.700. The van der Waals surface area contributed by atoms with Gasteiger partial charge >= 0.3 is 0 Å². The minimum Gasteiger partial charge on any atom is -0.396 e. The molecule has 1 fully saturated rings. The van der Waals surface area contributed by atoms with Gasteiger partial charge in [-0.15, -0.1) is 0 Å². The zero-order valence-corrected chi connectivity index (χ0v) is 10.3. The molecule has 7 heteroatoms. The van der Waals surface area contributed by atoms with Gasteiger partial charge in [0.1, 0.15) is 0 Å². The lowest BCUT2D eigenvalue weighted by molar-refractivity contribution is 0.180. The van der Waals surface area contributed by atoms with Crippen molar-refractivity contribution in [1.82, 2.24) is 14.7 Å². The van der Waals surface area contributed by atoms with Gasteiger partial charge in [-0.1, -0.05) is 0 Å². The van der Waals surface area contributed by atoms with Gasteiger partial charge in [0, 0.05) is 12.6 Å². The largest absolute Gasteiger partial charge is 0.396 e. The van der Waals surface area contributed by atoms with Gasteiger partial charge in [-0.3, -0.25) is 0 Å². The highest BCUT2D eigenvalue weighted by Gasteiger charge is 2.25. The third-order valence-electron chi connectivity index (χ3n) is 3.19. The van der Waals surface area contributed by atoms with Crippen molar-refractivity contribution in [3.8, 4) is 0 Å². The van der Waals surface area contributed by atoms with Crippen molar-refractivity contribution in [2.24, 2.45) is 5.92 Å². The summed E-state index contributed by atoms with van der Waals surface area (Å²) in [5, 5.41) is 9.11. The van der Waals surface area contributed by atoms with Crippen LogP contribution in [0.25, 0.3) is 0 Å². The molecule has 0 bridgehead atoms. The zero-order valence-electron chi connectivity index (χ0n) is 9.46. The smallest absolute Gasteiger partial charge is 0.257 e. The second kappa shape index (κ2) is 5.16. The second-order valence-electron chi connectivity index (χ2n) is 4.44. The van der Waals surface area contributed by atoms with Crippen molar-refractivity contribution in [2.75, 3.05) is 6.61 Å². The summed E-state index contributed by atoms with van der Waals surface area (Å²) in [4.78, 5) is 6.28. The summed E-state index contributed by atoms with van der Waals surface area (Å²) in [6.07, 6.45) is 5.93. The number of aliphatic hydroxyl groups is 1. The maximum absolute atomic E-state index is 11.9. The first-order valence-corrected chi connectivity index (χ1v) is 7.21. The number of rotatable bonds is 4. The third kappa shape index (κ3) is 3.05. The van der Waals surface area contributed by atoms with Gasteiger partial charge in [0.25, 0.3) is 10.0 Å². The fourth-order valence-electron chi connectivity index (χ4n) is 2.14. The van der Waals surface area contributed by atoms with Gasteiger partial charge in [0.15, 0.2) is 5.03 Å². The SMILES string of the molecule is O=S(=O)(NC1CCC(CO)CC1)c1cnc[nH]1. The highest BCUT2D eigenvalue weighted by atomic mass is 32.2. The van der Waals surface area contributed by atoms with Crippen LogP contribution in [0.5, 0.6) is 0 Å². The van der Waals surface area contributed by atoms with Crippen LogP contribution >= 0.6 is 0 Å². The van der Waals surface area contributed by atoms with Gasteiger partial charge in [-0.05, 0) is 31.6 Å². The zero-order chi connectivity index (χ0) is 12.3. The lowest BCUT2D eigenvalue weighted by Gasteiger charge is -2.27. The maximum Gasteiger partial charge on any atom is 0.257 e. The number of imidazole rings is 1. The Morgan fingerprint density at radius 1 is 1.41 bits per heavy atom. The van der Waals surface area contributed by atoms with Crippen LogP contribution < -0.4 is 4.72 Å². The Morgan fingerprint density at radius 2 is 2.12 bits per heavy atom. The highest BCUT2D eigenvalue weighted by Crippen LogP contribution is 2.24. The number of H-pyrrole nitrogens is 1. The molecule has 0 saturated heterocycles. The average Bonchev–Trinajstić information content (AvgIpc) is 2.84. The number of hydrogen-bond acceptors (Lipinski definition) is 4. The molecule has 6 nitrogen and oxygen atoms in total. The van der Waals surface area contributed by atoms with Crippen LogP contribution in [0.2, 0.25) is 0 Å². The number of sulfonamides is 1. The van der Waals surface area contributed by atoms with E-state index in [2.05, 4.69) is 14.7 Å². The first-order valence-electron chi connectivity index (χ1n) is 5.73. The molecular weight excluding hydrogens is 242 g/mol. The standard InChI is InChI=1S/C10H17N3O3S/c14-6-8-1-3-9(4-2-8)13-17(15,16)10-5-11-7-12-10/h5,7-9,13-14H,1-4,6H2,(H,11,12). The van der Waals surface area contributed by atoms with Crippen molar-refractivity contribution < 1.29 is 13.5 Å². The Bertz CT molecular complexity index is 435. The quantitative estimate of drug-likeness (QED) is 0.721. The lowest BCUT2D eigenvalue weighted by Crippen LogP contribution is -2.38. The van der Waals surface area contributed by atoms with E-state index in [9.17, 15) is 8.42 Å². The molecular formula is C10H17N3O3S. The van der Waals surface area contributed by atoms with Crippen LogP contribution in [0.15, 0.2) is 17.6 Å². The maximum atomic E-state index is 11.9. The van der Waals surface area contributed by atoms with E-state index in [0.717, 1.165) is 25.7 Å². The summed E-state index contributed by atoms with van der Waals surface area (Å²) in [7, 11) is -3.47. The van der Waals surface area contributed by atoms with Crippen molar-refractivity contribution in [3.63, 3.8) is 0 Å². The van der Waals surface area contributed by atoms with Crippen LogP contribution in [0, 0.1) is 5.92 Å². The van der Waals surface area contributed by atoms with E-state index in [-0.39, 0.29) is 17.7 Å². The van der Waals surface area contributed by atoms with E-state index in [4.69, 9.17) is 5.11 Å². The van der Waals surface area contributed by atoms with Gasteiger partial charge in [-0.25, -0.2) is 18.1 Å². The Hall–Kier alpha value is -0.920. The molecule has 0 aromatic carbocycles. The predicted molar refractivity (Wildman–Crippen MR) is 61.7 cm³/mol. The van der Waals surface area contributed by atoms with E-state index in [0.29, 0.717) is 5.92 Å². The Morgan fingerprint density at radius 3 is 2.65 bits per heavy atom. The third-order valence-corrected chi connectivity index (χ3v) is 4.64. The lowest BCUT2D eigenvalue weighted by atomic mass is 9.87. The number of aromatic amines is 1. The van der Waals surface area contributed by atoms with Gasteiger partial charge < -0.3 is 10.1 Å². The van der Waals surface area contributed by atoms with E-state index in [1.807, 2.05) is 0 Å². The number of nitrogens with one attached hydrogen (secondary N) is 2. The summed E-state index contributed by atoms with van der Waals surface area (Å²) < 4.78 is 26.4. The first-order chi connectivity index (χ1) is 8.12. The molecule has 0 atom stereocenters. The van der Waals surface area contributed by atoms with E-state index < -0.39 is 10.0 Å². The molecule has 96 valence electrons. The van der Waals surface area contributed by atoms with Crippen molar-refractivity contribution in [1.29, 1.82) is 0 Å². The Balaban J connectivity index is 1.94. The summed E-state index contributed by atoms with van der Waals surface area (Å²) in [6, 6.07) is -0.0360. The van der Waals surface area contributed by atoms with E-state index in [1.54, 1.807) is 0 Å². The van der Waals surface area contributed by atoms with Crippen LogP contribution in [-0.2, 0) is 10.0 Å². The topological polar surface area (TPSA) is 95.1 Å². The summed E-state index contributed by atoms with van der Waals surface area (Å²) in [6.45, 7) is 0.194. The molecule has 1 saturated carbocycles. The number of aromatic nitrogens is 2. The Kier molecular flexibility index (Phi) is 3.80. The molecule has 0 radical (unpaired) electrons. The molecule has 2 rings (SSSR count). The van der Waals surface area contributed by atoms with Crippen molar-refractivity contribution in [3.05, 3.63) is 12.5 Å². The number of hydrogen-bond donors (Lipinski definition) is 3. The summed E-state index contributed by atoms with van der Waals surface area (Å²) >= 11 is 0. The molecule has 0 aliphatic heterocycles. The minimum atomic E-state index is -3.47. The molecule has 17 heavy (non-hydrogen) atoms. The Labute approximate surface area is 101 Å². The monoisotopic (exact) mass is 259 g/mol. The molecule has 0 amide bonds. The number of nitrogens with zero attached hydrogens (tertiary/aromatic N) is 1. The van der Waals surface area contributed by atoms with Crippen LogP contribution in [0.3, 0.4) is 0 Å². The summed E-state index contributed by atoms with van der Waals surface area (Å²) in [5.74, 6) is 0.322. The van der Waals surface area contributed by atoms with E-state index >= 15 is 0 Å². The normalized spacial score (nSPS) is 25.9. The molecule has 1 aliphatic carbocycles. The van der Waals surface area contributed by atoms with Crippen LogP contribution in [0.1, 0.15) is 25.7 Å². The fourth-order valence-corrected chi connectivity index (χ4v) is 3.34. The van der Waals surface area contributed by atoms with E-state index in [1.165, 1.54) is 12.5 Å². The number of aliphatic hydroxyl groups excluding tert-OH is 1. The molecule has 0 spiro atoms. The van der Waals surface area contributed by atoms with Gasteiger partial charge in [0.2, 0.25) is 0 Å². The molecule has 0 unspecified atom stereocenters. The first kappa shape index (κ1) is 12.5. The molecule has 3 N–H and O–H groups in total. The van der Waals surface area contributed by atoms with Crippen LogP contribution in [-0.4, -0.2) is 36.1 Å². The molecule has 1 aromatic heterocycles. The van der Waals surface area contributed by atoms with Gasteiger partial charge in [-0.2, -0.15) is 0 Å². The minimum absolute atomic E-state index is 0.0360. The van der Waals surface area contributed by atoms with Gasteiger partial charge in [0.05, 0.1) is 12.5 Å². The van der Waals surface area contributed by atoms with Crippen LogP contribution in [0.4, 0.5) is 0 Å². The average molecular weight is 259 g/mol. The van der Waals surface area contributed by atoms with Crippen molar-refractivity contribution in [2.45, 2.75) is 36.8 Å². The predicted octanol–water partition coefficient (Wildman–Crippen LogP) is 0.239. The summed E-state index contributed by atoms with van der Waals surface area (Å²) in [5.41, 5.74) is 0. The molecule has 1 aromatic rings. The molecule has 1 aliphatic rings. The second-order valence-corrected chi connectivity index (χ2v) is 6.12. The van der Waals surface area contributed by atoms with Crippen molar-refractivity contribution >= 4 is 10.0 Å². The molecule has 1 heterocycles.